The third kappa shape index (κ3) is 0.538. The van der Waals surface area contributed by atoms with E-state index in [1.54, 1.807) is 0 Å². The summed E-state index contributed by atoms with van der Waals surface area (Å²) in [6.07, 6.45) is 1.51. The van der Waals surface area contributed by atoms with Crippen LogP contribution in [-0.4, -0.2) is 0 Å². The van der Waals surface area contributed by atoms with Crippen molar-refractivity contribution in [3.63, 3.8) is 0 Å². The molecule has 0 aliphatic heterocycles. The van der Waals surface area contributed by atoms with Gasteiger partial charge in [0.2, 0.25) is 0 Å². The second-order valence-corrected chi connectivity index (χ2v) is 4.93. The summed E-state index contributed by atoms with van der Waals surface area (Å²) in [6.45, 7) is 9.62. The van der Waals surface area contributed by atoms with Crippen molar-refractivity contribution in [2.75, 3.05) is 0 Å². The molecule has 0 aromatic heterocycles. The van der Waals surface area contributed by atoms with Crippen LogP contribution in [-0.2, 0) is 0 Å². The van der Waals surface area contributed by atoms with Gasteiger partial charge in [0.05, 0.1) is 0 Å². The van der Waals surface area contributed by atoms with E-state index in [9.17, 15) is 0 Å². The average molecular weight is 138 g/mol. The van der Waals surface area contributed by atoms with Crippen molar-refractivity contribution in [1.29, 1.82) is 0 Å². The van der Waals surface area contributed by atoms with Gasteiger partial charge < -0.3 is 0 Å². The molecule has 0 saturated heterocycles. The van der Waals surface area contributed by atoms with Crippen molar-refractivity contribution in [2.24, 2.45) is 29.1 Å². The lowest BCUT2D eigenvalue weighted by Crippen LogP contribution is -2.27. The van der Waals surface area contributed by atoms with E-state index in [1.807, 2.05) is 0 Å². The summed E-state index contributed by atoms with van der Waals surface area (Å²) >= 11 is 0. The molecule has 4 unspecified atom stereocenters. The molecule has 58 valence electrons. The fourth-order valence-electron chi connectivity index (χ4n) is 3.15. The van der Waals surface area contributed by atoms with Gasteiger partial charge in [0, 0.05) is 0 Å². The normalized spacial score (nSPS) is 57.9. The maximum atomic E-state index is 2.46. The van der Waals surface area contributed by atoms with E-state index in [0.717, 1.165) is 29.1 Å². The van der Waals surface area contributed by atoms with Crippen LogP contribution in [0.3, 0.4) is 0 Å². The highest BCUT2D eigenvalue weighted by molar-refractivity contribution is 5.17. The molecular weight excluding hydrogens is 120 g/mol. The lowest BCUT2D eigenvalue weighted by atomic mass is 9.70. The highest BCUT2D eigenvalue weighted by Gasteiger charge is 2.69. The molecule has 0 aromatic rings. The van der Waals surface area contributed by atoms with Gasteiger partial charge in [0.25, 0.3) is 0 Å². The Kier molecular flexibility index (Phi) is 1.07. The summed E-state index contributed by atoms with van der Waals surface area (Å²) in [6, 6.07) is 0. The minimum absolute atomic E-state index is 0.801. The molecule has 0 amide bonds. The average Bonchev–Trinajstić information content (AvgIpc) is 2.13. The standard InChI is InChI=1S/C10H18/c1-6(2)8-5-10(4)7(3)9(8)10/h6-9H,5H2,1-4H3. The fraction of sp³-hybridized carbons (Fsp3) is 1.00. The maximum absolute atomic E-state index is 2.46. The van der Waals surface area contributed by atoms with Gasteiger partial charge in [-0.1, -0.05) is 27.7 Å². The molecule has 2 saturated carbocycles. The summed E-state index contributed by atoms with van der Waals surface area (Å²) in [5.74, 6) is 4.15. The Morgan fingerprint density at radius 2 is 2.00 bits per heavy atom. The zero-order valence-electron chi connectivity index (χ0n) is 7.52. The molecule has 0 aromatic carbocycles. The van der Waals surface area contributed by atoms with Crippen molar-refractivity contribution in [3.8, 4) is 0 Å². The van der Waals surface area contributed by atoms with Gasteiger partial charge in [0.1, 0.15) is 0 Å². The lowest BCUT2D eigenvalue weighted by Gasteiger charge is -2.34. The van der Waals surface area contributed by atoms with E-state index in [2.05, 4.69) is 27.7 Å². The van der Waals surface area contributed by atoms with Crippen LogP contribution in [0.15, 0.2) is 0 Å². The molecule has 0 bridgehead atoms. The van der Waals surface area contributed by atoms with Crippen molar-refractivity contribution in [3.05, 3.63) is 0 Å². The smallest absolute Gasteiger partial charge is 0.0261 e. The second kappa shape index (κ2) is 1.60. The fourth-order valence-corrected chi connectivity index (χ4v) is 3.15. The first-order valence-electron chi connectivity index (χ1n) is 4.57. The van der Waals surface area contributed by atoms with Gasteiger partial charge in [-0.25, -0.2) is 0 Å². The van der Waals surface area contributed by atoms with Crippen LogP contribution >= 0.6 is 0 Å². The molecule has 0 heteroatoms. The summed E-state index contributed by atoms with van der Waals surface area (Å²) in [5, 5.41) is 0. The molecule has 0 nitrogen and oxygen atoms in total. The Bertz CT molecular complexity index is 159. The first-order chi connectivity index (χ1) is 4.57. The zero-order valence-corrected chi connectivity index (χ0v) is 7.52. The van der Waals surface area contributed by atoms with E-state index in [1.165, 1.54) is 6.42 Å². The Hall–Kier alpha value is 0. The van der Waals surface area contributed by atoms with E-state index >= 15 is 0 Å². The summed E-state index contributed by atoms with van der Waals surface area (Å²) in [5.41, 5.74) is 0.801. The maximum Gasteiger partial charge on any atom is -0.0261 e. The first-order valence-corrected chi connectivity index (χ1v) is 4.57. The van der Waals surface area contributed by atoms with Crippen LogP contribution < -0.4 is 0 Å². The largest absolute Gasteiger partial charge is 0.0625 e. The highest BCUT2D eigenvalue weighted by atomic mass is 14.7. The zero-order chi connectivity index (χ0) is 7.52. The van der Waals surface area contributed by atoms with E-state index < -0.39 is 0 Å². The third-order valence-electron chi connectivity index (χ3n) is 4.22. The van der Waals surface area contributed by atoms with Crippen LogP contribution in [0.25, 0.3) is 0 Å². The van der Waals surface area contributed by atoms with Crippen LogP contribution in [0.4, 0.5) is 0 Å². The molecule has 4 atom stereocenters. The minimum atomic E-state index is 0.801. The number of rotatable bonds is 1. The summed E-state index contributed by atoms with van der Waals surface area (Å²) < 4.78 is 0. The topological polar surface area (TPSA) is 0 Å². The van der Waals surface area contributed by atoms with Crippen LogP contribution in [0, 0.1) is 29.1 Å². The molecule has 0 radical (unpaired) electrons. The molecule has 10 heavy (non-hydrogen) atoms. The molecule has 2 rings (SSSR count). The minimum Gasteiger partial charge on any atom is -0.0625 e. The Balaban J connectivity index is 2.01. The molecule has 0 spiro atoms. The quantitative estimate of drug-likeness (QED) is 0.522. The number of fused-ring (bicyclic) bond motifs is 1. The van der Waals surface area contributed by atoms with Gasteiger partial charge in [-0.05, 0) is 35.5 Å². The monoisotopic (exact) mass is 138 g/mol. The Morgan fingerprint density at radius 1 is 1.40 bits per heavy atom. The molecule has 2 aliphatic rings. The van der Waals surface area contributed by atoms with Gasteiger partial charge >= 0.3 is 0 Å². The van der Waals surface area contributed by atoms with Gasteiger partial charge in [-0.3, -0.25) is 0 Å². The Labute approximate surface area is 64.0 Å². The summed E-state index contributed by atoms with van der Waals surface area (Å²) in [4.78, 5) is 0. The molecular formula is C10H18. The van der Waals surface area contributed by atoms with E-state index in [4.69, 9.17) is 0 Å². The van der Waals surface area contributed by atoms with Crippen LogP contribution in [0.1, 0.15) is 34.1 Å². The number of hydrogen-bond acceptors (Lipinski definition) is 0. The first kappa shape index (κ1) is 6.69. The van der Waals surface area contributed by atoms with Crippen molar-refractivity contribution in [1.82, 2.24) is 0 Å². The number of hydrogen-bond donors (Lipinski definition) is 0. The van der Waals surface area contributed by atoms with Crippen LogP contribution in [0.2, 0.25) is 0 Å². The van der Waals surface area contributed by atoms with Crippen LogP contribution in [0.5, 0.6) is 0 Å². The van der Waals surface area contributed by atoms with Crippen molar-refractivity contribution < 1.29 is 0 Å². The summed E-state index contributed by atoms with van der Waals surface area (Å²) in [7, 11) is 0. The van der Waals surface area contributed by atoms with Gasteiger partial charge in [0.15, 0.2) is 0 Å². The highest BCUT2D eigenvalue weighted by Crippen LogP contribution is 2.75. The van der Waals surface area contributed by atoms with E-state index in [-0.39, 0.29) is 0 Å². The molecule has 2 aliphatic carbocycles. The Morgan fingerprint density at radius 3 is 2.10 bits per heavy atom. The predicted octanol–water partition coefficient (Wildman–Crippen LogP) is 2.93. The third-order valence-corrected chi connectivity index (χ3v) is 4.22. The van der Waals surface area contributed by atoms with E-state index in [0.29, 0.717) is 0 Å². The SMILES string of the molecule is CC(C)C1CC2(C)C(C)C12. The molecule has 2 fully saturated rings. The van der Waals surface area contributed by atoms with Crippen molar-refractivity contribution in [2.45, 2.75) is 34.1 Å². The molecule has 0 heterocycles. The van der Waals surface area contributed by atoms with Crippen molar-refractivity contribution >= 4 is 0 Å². The lowest BCUT2D eigenvalue weighted by molar-refractivity contribution is 0.144. The van der Waals surface area contributed by atoms with Gasteiger partial charge in [-0.2, -0.15) is 0 Å². The molecule has 0 N–H and O–H groups in total. The second-order valence-electron chi connectivity index (χ2n) is 4.93. The van der Waals surface area contributed by atoms with Gasteiger partial charge in [-0.15, -0.1) is 0 Å². The predicted molar refractivity (Wildman–Crippen MR) is 43.7 cm³/mol.